The van der Waals surface area contributed by atoms with Crippen LogP contribution in [0.2, 0.25) is 5.02 Å². The Morgan fingerprint density at radius 2 is 2.38 bits per heavy atom. The van der Waals surface area contributed by atoms with E-state index in [9.17, 15) is 0 Å². The molecule has 1 saturated heterocycles. The molecule has 0 aromatic heterocycles. The monoisotopic (exact) mass is 239 g/mol. The van der Waals surface area contributed by atoms with Gasteiger partial charge in [-0.3, -0.25) is 0 Å². The predicted molar refractivity (Wildman–Crippen MR) is 67.3 cm³/mol. The van der Waals surface area contributed by atoms with Gasteiger partial charge in [-0.25, -0.2) is 0 Å². The van der Waals surface area contributed by atoms with Crippen molar-refractivity contribution in [3.63, 3.8) is 0 Å². The number of ether oxygens (including phenoxy) is 1. The highest BCUT2D eigenvalue weighted by atomic mass is 35.5. The topological polar surface area (TPSA) is 21.3 Å². The van der Waals surface area contributed by atoms with Crippen molar-refractivity contribution in [2.75, 3.05) is 20.2 Å². The molecular weight excluding hydrogens is 222 g/mol. The normalized spacial score (nSPS) is 20.8. The van der Waals surface area contributed by atoms with Crippen LogP contribution in [0.1, 0.15) is 18.4 Å². The largest absolute Gasteiger partial charge is 0.497 e. The van der Waals surface area contributed by atoms with Crippen LogP contribution in [0, 0.1) is 5.92 Å². The molecule has 88 valence electrons. The van der Waals surface area contributed by atoms with Crippen molar-refractivity contribution < 1.29 is 4.74 Å². The molecule has 0 radical (unpaired) electrons. The van der Waals surface area contributed by atoms with E-state index in [0.29, 0.717) is 0 Å². The number of hydrogen-bond acceptors (Lipinski definition) is 2. The maximum absolute atomic E-state index is 6.23. The zero-order valence-corrected chi connectivity index (χ0v) is 10.4. The summed E-state index contributed by atoms with van der Waals surface area (Å²) in [6, 6.07) is 5.96. The van der Waals surface area contributed by atoms with Crippen LogP contribution < -0.4 is 10.1 Å². The van der Waals surface area contributed by atoms with Crippen molar-refractivity contribution in [2.45, 2.75) is 19.3 Å². The second-order valence-electron chi connectivity index (χ2n) is 4.37. The maximum Gasteiger partial charge on any atom is 0.120 e. The van der Waals surface area contributed by atoms with E-state index in [-0.39, 0.29) is 0 Å². The molecule has 0 saturated carbocycles. The SMILES string of the molecule is COc1ccc(CC2CCCNC2)c(Cl)c1. The highest BCUT2D eigenvalue weighted by molar-refractivity contribution is 6.31. The van der Waals surface area contributed by atoms with E-state index in [1.54, 1.807) is 7.11 Å². The first-order valence-corrected chi connectivity index (χ1v) is 6.20. The van der Waals surface area contributed by atoms with Crippen LogP contribution in [0.3, 0.4) is 0 Å². The molecule has 1 aromatic carbocycles. The number of piperidine rings is 1. The molecule has 0 aliphatic carbocycles. The Hall–Kier alpha value is -0.730. The molecule has 1 fully saturated rings. The summed E-state index contributed by atoms with van der Waals surface area (Å²) in [6.45, 7) is 2.27. The van der Waals surface area contributed by atoms with E-state index in [1.807, 2.05) is 12.1 Å². The van der Waals surface area contributed by atoms with E-state index < -0.39 is 0 Å². The first-order chi connectivity index (χ1) is 7.79. The van der Waals surface area contributed by atoms with Crippen LogP contribution in [0.5, 0.6) is 5.75 Å². The van der Waals surface area contributed by atoms with Gasteiger partial charge in [0.25, 0.3) is 0 Å². The molecule has 1 aliphatic rings. The Balaban J connectivity index is 2.03. The standard InChI is InChI=1S/C13H18ClNO/c1-16-12-5-4-11(13(14)8-12)7-10-3-2-6-15-9-10/h4-5,8,10,15H,2-3,6-7,9H2,1H3. The minimum absolute atomic E-state index is 0.722. The lowest BCUT2D eigenvalue weighted by Crippen LogP contribution is -2.30. The quantitative estimate of drug-likeness (QED) is 0.876. The van der Waals surface area contributed by atoms with Gasteiger partial charge in [-0.15, -0.1) is 0 Å². The first-order valence-electron chi connectivity index (χ1n) is 5.82. The van der Waals surface area contributed by atoms with Crippen LogP contribution in [0.15, 0.2) is 18.2 Å². The van der Waals surface area contributed by atoms with Crippen LogP contribution in [0.4, 0.5) is 0 Å². The molecule has 0 spiro atoms. The molecule has 1 aromatic rings. The van der Waals surface area contributed by atoms with Gasteiger partial charge in [-0.05, 0) is 56.0 Å². The maximum atomic E-state index is 6.23. The number of rotatable bonds is 3. The number of hydrogen-bond donors (Lipinski definition) is 1. The van der Waals surface area contributed by atoms with Gasteiger partial charge >= 0.3 is 0 Å². The van der Waals surface area contributed by atoms with Crippen molar-refractivity contribution in [1.82, 2.24) is 5.32 Å². The minimum atomic E-state index is 0.722. The third-order valence-electron chi connectivity index (χ3n) is 3.17. The Labute approximate surface area is 102 Å². The van der Waals surface area contributed by atoms with Crippen molar-refractivity contribution >= 4 is 11.6 Å². The molecular formula is C13H18ClNO. The Morgan fingerprint density at radius 1 is 1.50 bits per heavy atom. The van der Waals surface area contributed by atoms with Gasteiger partial charge in [0.15, 0.2) is 0 Å². The summed E-state index contributed by atoms with van der Waals surface area (Å²) in [5.41, 5.74) is 1.23. The van der Waals surface area contributed by atoms with Crippen molar-refractivity contribution in [3.8, 4) is 5.75 Å². The summed E-state index contributed by atoms with van der Waals surface area (Å²) in [5.74, 6) is 1.55. The fourth-order valence-electron chi connectivity index (χ4n) is 2.23. The molecule has 0 bridgehead atoms. The zero-order valence-electron chi connectivity index (χ0n) is 9.63. The van der Waals surface area contributed by atoms with Gasteiger partial charge in [0, 0.05) is 5.02 Å². The Bertz CT molecular complexity index is 348. The fraction of sp³-hybridized carbons (Fsp3) is 0.538. The highest BCUT2D eigenvalue weighted by Crippen LogP contribution is 2.26. The lowest BCUT2D eigenvalue weighted by atomic mass is 9.92. The van der Waals surface area contributed by atoms with E-state index >= 15 is 0 Å². The summed E-state index contributed by atoms with van der Waals surface area (Å²) in [4.78, 5) is 0. The molecule has 3 heteroatoms. The van der Waals surface area contributed by atoms with E-state index in [1.165, 1.54) is 18.4 Å². The summed E-state index contributed by atoms with van der Waals surface area (Å²) >= 11 is 6.23. The molecule has 1 unspecified atom stereocenters. The van der Waals surface area contributed by atoms with Crippen LogP contribution >= 0.6 is 11.6 Å². The molecule has 1 N–H and O–H groups in total. The van der Waals surface area contributed by atoms with Gasteiger partial charge in [-0.1, -0.05) is 17.7 Å². The first kappa shape index (κ1) is 11.7. The van der Waals surface area contributed by atoms with Gasteiger partial charge in [0.2, 0.25) is 0 Å². The van der Waals surface area contributed by atoms with Gasteiger partial charge in [0.05, 0.1) is 7.11 Å². The van der Waals surface area contributed by atoms with E-state index in [0.717, 1.165) is 36.2 Å². The van der Waals surface area contributed by atoms with Crippen molar-refractivity contribution in [1.29, 1.82) is 0 Å². The van der Waals surface area contributed by atoms with Crippen LogP contribution in [-0.2, 0) is 6.42 Å². The summed E-state index contributed by atoms with van der Waals surface area (Å²) in [5, 5.41) is 4.25. The lowest BCUT2D eigenvalue weighted by Gasteiger charge is -2.23. The smallest absolute Gasteiger partial charge is 0.120 e. The molecule has 16 heavy (non-hydrogen) atoms. The molecule has 1 aliphatic heterocycles. The average Bonchev–Trinajstić information content (AvgIpc) is 2.33. The molecule has 0 amide bonds. The average molecular weight is 240 g/mol. The highest BCUT2D eigenvalue weighted by Gasteiger charge is 2.15. The lowest BCUT2D eigenvalue weighted by molar-refractivity contribution is 0.375. The predicted octanol–water partition coefficient (Wildman–Crippen LogP) is 2.89. The summed E-state index contributed by atoms with van der Waals surface area (Å²) in [7, 11) is 1.66. The molecule has 1 heterocycles. The third kappa shape index (κ3) is 2.89. The third-order valence-corrected chi connectivity index (χ3v) is 3.52. The fourth-order valence-corrected chi connectivity index (χ4v) is 2.48. The second-order valence-corrected chi connectivity index (χ2v) is 4.78. The second kappa shape index (κ2) is 5.55. The van der Waals surface area contributed by atoms with Crippen molar-refractivity contribution in [3.05, 3.63) is 28.8 Å². The van der Waals surface area contributed by atoms with Crippen LogP contribution in [0.25, 0.3) is 0 Å². The number of nitrogens with one attached hydrogen (secondary N) is 1. The van der Waals surface area contributed by atoms with Gasteiger partial charge in [-0.2, -0.15) is 0 Å². The Kier molecular flexibility index (Phi) is 4.08. The zero-order chi connectivity index (χ0) is 11.4. The Morgan fingerprint density at radius 3 is 3.00 bits per heavy atom. The molecule has 2 rings (SSSR count). The van der Waals surface area contributed by atoms with Gasteiger partial charge in [0.1, 0.15) is 5.75 Å². The van der Waals surface area contributed by atoms with Crippen molar-refractivity contribution in [2.24, 2.45) is 5.92 Å². The van der Waals surface area contributed by atoms with E-state index in [4.69, 9.17) is 16.3 Å². The number of benzene rings is 1. The molecule has 2 nitrogen and oxygen atoms in total. The summed E-state index contributed by atoms with van der Waals surface area (Å²) < 4.78 is 5.14. The van der Waals surface area contributed by atoms with E-state index in [2.05, 4.69) is 11.4 Å². The number of methoxy groups -OCH3 is 1. The number of halogens is 1. The minimum Gasteiger partial charge on any atom is -0.497 e. The van der Waals surface area contributed by atoms with Gasteiger partial charge < -0.3 is 10.1 Å². The van der Waals surface area contributed by atoms with Crippen LogP contribution in [-0.4, -0.2) is 20.2 Å². The molecule has 1 atom stereocenters. The summed E-state index contributed by atoms with van der Waals surface area (Å²) in [6.07, 6.45) is 3.64.